The second-order valence-electron chi connectivity index (χ2n) is 4.63. The third kappa shape index (κ3) is 2.41. The number of rotatable bonds is 3. The number of hydrogen-bond donors (Lipinski definition) is 1. The number of furan rings is 1. The lowest BCUT2D eigenvalue weighted by atomic mass is 10.0. The van der Waals surface area contributed by atoms with Crippen LogP contribution in [0, 0.1) is 0 Å². The van der Waals surface area contributed by atoms with Crippen LogP contribution in [-0.2, 0) is 14.3 Å². The second-order valence-corrected chi connectivity index (χ2v) is 4.63. The van der Waals surface area contributed by atoms with Crippen molar-refractivity contribution in [1.29, 1.82) is 0 Å². The smallest absolute Gasteiger partial charge is 0.335 e. The van der Waals surface area contributed by atoms with Gasteiger partial charge < -0.3 is 14.3 Å². The van der Waals surface area contributed by atoms with E-state index in [9.17, 15) is 14.7 Å². The average Bonchev–Trinajstić information content (AvgIpc) is 3.01. The normalized spacial score (nSPS) is 22.3. The molecule has 0 bridgehead atoms. The van der Waals surface area contributed by atoms with Crippen molar-refractivity contribution in [1.82, 2.24) is 0 Å². The molecule has 6 heteroatoms. The zero-order valence-electron chi connectivity index (χ0n) is 11.0. The molecular weight excluding hydrogens is 274 g/mol. The van der Waals surface area contributed by atoms with E-state index in [0.29, 0.717) is 11.4 Å². The molecule has 6 nitrogen and oxygen atoms in total. The number of nitrogens with zero attached hydrogens (tertiary/aromatic N) is 1. The maximum atomic E-state index is 12.2. The number of carboxylic acids is 1. The lowest BCUT2D eigenvalue weighted by Crippen LogP contribution is -2.52. The van der Waals surface area contributed by atoms with Crippen LogP contribution in [0.15, 0.2) is 53.1 Å². The van der Waals surface area contributed by atoms with Crippen LogP contribution in [0.25, 0.3) is 0 Å². The summed E-state index contributed by atoms with van der Waals surface area (Å²) in [6.07, 6.45) is 0.269. The predicted octanol–water partition coefficient (Wildman–Crippen LogP) is 1.84. The van der Waals surface area contributed by atoms with Crippen molar-refractivity contribution in [3.63, 3.8) is 0 Å². The van der Waals surface area contributed by atoms with Crippen molar-refractivity contribution in [2.45, 2.75) is 12.1 Å². The Morgan fingerprint density at radius 2 is 1.95 bits per heavy atom. The Hall–Kier alpha value is -2.60. The van der Waals surface area contributed by atoms with Gasteiger partial charge in [-0.1, -0.05) is 18.2 Å². The van der Waals surface area contributed by atoms with Crippen molar-refractivity contribution in [3.05, 3.63) is 54.5 Å². The molecular formula is C15H13NO5. The SMILES string of the molecule is O=C(O)C1OCC(=O)N(c2ccccc2)C1c1ccco1. The fourth-order valence-electron chi connectivity index (χ4n) is 2.45. The lowest BCUT2D eigenvalue weighted by molar-refractivity contribution is -0.158. The number of benzene rings is 1. The summed E-state index contributed by atoms with van der Waals surface area (Å²) in [4.78, 5) is 25.1. The Kier molecular flexibility index (Phi) is 3.45. The Morgan fingerprint density at radius 1 is 1.19 bits per heavy atom. The van der Waals surface area contributed by atoms with Crippen LogP contribution in [0.5, 0.6) is 0 Å². The third-order valence-corrected chi connectivity index (χ3v) is 3.33. The molecule has 108 valence electrons. The summed E-state index contributed by atoms with van der Waals surface area (Å²) in [5.74, 6) is -1.07. The van der Waals surface area contributed by atoms with E-state index in [0.717, 1.165) is 0 Å². The van der Waals surface area contributed by atoms with Crippen molar-refractivity contribution < 1.29 is 23.8 Å². The quantitative estimate of drug-likeness (QED) is 0.931. The highest BCUT2D eigenvalue weighted by Crippen LogP contribution is 2.34. The average molecular weight is 287 g/mol. The number of carboxylic acid groups (broad SMARTS) is 1. The van der Waals surface area contributed by atoms with E-state index >= 15 is 0 Å². The molecule has 1 aliphatic rings. The molecule has 1 saturated heterocycles. The molecule has 1 N–H and O–H groups in total. The largest absolute Gasteiger partial charge is 0.479 e. The van der Waals surface area contributed by atoms with E-state index < -0.39 is 18.1 Å². The van der Waals surface area contributed by atoms with E-state index in [1.54, 1.807) is 36.4 Å². The van der Waals surface area contributed by atoms with E-state index in [1.165, 1.54) is 11.2 Å². The number of ether oxygens (including phenoxy) is 1. The molecule has 2 atom stereocenters. The highest BCUT2D eigenvalue weighted by Gasteiger charge is 2.44. The molecule has 2 unspecified atom stereocenters. The molecule has 1 fully saturated rings. The van der Waals surface area contributed by atoms with Gasteiger partial charge in [-0.3, -0.25) is 9.69 Å². The summed E-state index contributed by atoms with van der Waals surface area (Å²) in [5.41, 5.74) is 0.610. The molecule has 1 aromatic carbocycles. The molecule has 1 aromatic heterocycles. The number of para-hydroxylation sites is 1. The molecule has 0 aliphatic carbocycles. The van der Waals surface area contributed by atoms with Gasteiger partial charge in [0.15, 0.2) is 6.10 Å². The first-order chi connectivity index (χ1) is 10.2. The van der Waals surface area contributed by atoms with Gasteiger partial charge in [0.2, 0.25) is 0 Å². The number of aliphatic carboxylic acids is 1. The number of hydrogen-bond acceptors (Lipinski definition) is 4. The van der Waals surface area contributed by atoms with Gasteiger partial charge in [-0.2, -0.15) is 0 Å². The topological polar surface area (TPSA) is 80.0 Å². The Bertz CT molecular complexity index is 637. The van der Waals surface area contributed by atoms with Gasteiger partial charge in [-0.15, -0.1) is 0 Å². The first-order valence-corrected chi connectivity index (χ1v) is 6.43. The van der Waals surface area contributed by atoms with Gasteiger partial charge in [-0.25, -0.2) is 4.79 Å². The maximum Gasteiger partial charge on any atom is 0.335 e. The van der Waals surface area contributed by atoms with E-state index in [2.05, 4.69) is 0 Å². The highest BCUT2D eigenvalue weighted by atomic mass is 16.5. The Morgan fingerprint density at radius 3 is 2.57 bits per heavy atom. The number of morpholine rings is 1. The fourth-order valence-corrected chi connectivity index (χ4v) is 2.45. The summed E-state index contributed by atoms with van der Waals surface area (Å²) in [5, 5.41) is 9.35. The minimum atomic E-state index is -1.17. The summed E-state index contributed by atoms with van der Waals surface area (Å²) >= 11 is 0. The van der Waals surface area contributed by atoms with Crippen LogP contribution < -0.4 is 4.90 Å². The van der Waals surface area contributed by atoms with Crippen molar-refractivity contribution in [3.8, 4) is 0 Å². The van der Waals surface area contributed by atoms with E-state index in [4.69, 9.17) is 9.15 Å². The predicted molar refractivity (Wildman–Crippen MR) is 72.8 cm³/mol. The van der Waals surface area contributed by atoms with Crippen LogP contribution in [-0.4, -0.2) is 29.7 Å². The standard InChI is InChI=1S/C15H13NO5/c17-12-9-21-14(15(18)19)13(11-7-4-8-20-11)16(12)10-5-2-1-3-6-10/h1-8,13-14H,9H2,(H,18,19). The molecule has 0 saturated carbocycles. The van der Waals surface area contributed by atoms with E-state index in [1.807, 2.05) is 6.07 Å². The Labute approximate surface area is 120 Å². The highest BCUT2D eigenvalue weighted by molar-refractivity contribution is 5.97. The first-order valence-electron chi connectivity index (χ1n) is 6.43. The summed E-state index contributed by atoms with van der Waals surface area (Å²) in [7, 11) is 0. The van der Waals surface area contributed by atoms with Crippen LogP contribution in [0.4, 0.5) is 5.69 Å². The number of carbonyl (C=O) groups is 2. The minimum Gasteiger partial charge on any atom is -0.479 e. The third-order valence-electron chi connectivity index (χ3n) is 3.33. The van der Waals surface area contributed by atoms with Gasteiger partial charge in [0.1, 0.15) is 18.4 Å². The van der Waals surface area contributed by atoms with Crippen LogP contribution in [0.2, 0.25) is 0 Å². The Balaban J connectivity index is 2.08. The minimum absolute atomic E-state index is 0.275. The summed E-state index contributed by atoms with van der Waals surface area (Å²) < 4.78 is 10.5. The lowest BCUT2D eigenvalue weighted by Gasteiger charge is -2.37. The van der Waals surface area contributed by atoms with Gasteiger partial charge in [0.25, 0.3) is 5.91 Å². The van der Waals surface area contributed by atoms with Crippen LogP contribution >= 0.6 is 0 Å². The molecule has 1 aliphatic heterocycles. The van der Waals surface area contributed by atoms with E-state index in [-0.39, 0.29) is 12.5 Å². The van der Waals surface area contributed by atoms with Crippen LogP contribution in [0.3, 0.4) is 0 Å². The molecule has 2 heterocycles. The summed E-state index contributed by atoms with van der Waals surface area (Å²) in [6, 6.07) is 11.3. The molecule has 0 spiro atoms. The molecule has 0 radical (unpaired) electrons. The molecule has 21 heavy (non-hydrogen) atoms. The summed E-state index contributed by atoms with van der Waals surface area (Å²) in [6.45, 7) is -0.275. The van der Waals surface area contributed by atoms with Gasteiger partial charge >= 0.3 is 5.97 Å². The number of carbonyl (C=O) groups excluding carboxylic acids is 1. The zero-order valence-corrected chi connectivity index (χ0v) is 11.0. The molecule has 2 aromatic rings. The zero-order chi connectivity index (χ0) is 14.8. The van der Waals surface area contributed by atoms with Crippen molar-refractivity contribution in [2.24, 2.45) is 0 Å². The number of amides is 1. The second kappa shape index (κ2) is 5.41. The van der Waals surface area contributed by atoms with Gasteiger partial charge in [-0.05, 0) is 24.3 Å². The monoisotopic (exact) mass is 287 g/mol. The van der Waals surface area contributed by atoms with Crippen molar-refractivity contribution in [2.75, 3.05) is 11.5 Å². The number of anilines is 1. The van der Waals surface area contributed by atoms with Crippen molar-refractivity contribution >= 4 is 17.6 Å². The fraction of sp³-hybridized carbons (Fsp3) is 0.200. The molecule has 1 amide bonds. The first kappa shape index (κ1) is 13.4. The van der Waals surface area contributed by atoms with Crippen LogP contribution in [0.1, 0.15) is 11.8 Å². The maximum absolute atomic E-state index is 12.2. The molecule has 3 rings (SSSR count). The van der Waals surface area contributed by atoms with Gasteiger partial charge in [0, 0.05) is 5.69 Å². The van der Waals surface area contributed by atoms with Gasteiger partial charge in [0.05, 0.1) is 6.26 Å².